The van der Waals surface area contributed by atoms with E-state index in [4.69, 9.17) is 9.47 Å². The molecule has 0 N–H and O–H groups in total. The van der Waals surface area contributed by atoms with Gasteiger partial charge in [0.15, 0.2) is 0 Å². The molecule has 0 saturated heterocycles. The summed E-state index contributed by atoms with van der Waals surface area (Å²) < 4.78 is 12.8. The zero-order valence-corrected chi connectivity index (χ0v) is 24.3. The fraction of sp³-hybridized carbons (Fsp3) is 0.571. The van der Waals surface area contributed by atoms with Gasteiger partial charge >= 0.3 is 0 Å². The third-order valence-electron chi connectivity index (χ3n) is 6.07. The first-order valence-corrected chi connectivity index (χ1v) is 14.9. The summed E-state index contributed by atoms with van der Waals surface area (Å²) in [5, 5.41) is 0.706. The topological polar surface area (TPSA) is 18.5 Å². The number of ether oxygens (including phenoxy) is 2. The zero-order chi connectivity index (χ0) is 24.8. The third-order valence-corrected chi connectivity index (χ3v) is 7.95. The Bertz CT molecular complexity index is 843. The van der Waals surface area contributed by atoms with Crippen molar-refractivity contribution in [2.24, 2.45) is 0 Å². The Labute approximate surface area is 229 Å². The smallest absolute Gasteiger partial charge is 0.130 e. The van der Waals surface area contributed by atoms with Gasteiger partial charge in [-0.1, -0.05) is 44.2 Å². The van der Waals surface area contributed by atoms with Gasteiger partial charge in [0.05, 0.1) is 13.2 Å². The summed E-state index contributed by atoms with van der Waals surface area (Å²) in [6, 6.07) is 12.8. The van der Waals surface area contributed by atoms with E-state index in [1.54, 1.807) is 0 Å². The van der Waals surface area contributed by atoms with Crippen molar-refractivity contribution in [1.29, 1.82) is 0 Å². The van der Waals surface area contributed by atoms with Crippen molar-refractivity contribution in [2.75, 3.05) is 24.7 Å². The van der Waals surface area contributed by atoms with Gasteiger partial charge in [0.2, 0.25) is 0 Å². The molecule has 0 bridgehead atoms. The first-order chi connectivity index (χ1) is 16.5. The Morgan fingerprint density at radius 1 is 0.735 bits per heavy atom. The van der Waals surface area contributed by atoms with Crippen molar-refractivity contribution in [2.45, 2.75) is 75.7 Å². The van der Waals surface area contributed by atoms with Crippen LogP contribution in [0, 0.1) is 0 Å². The van der Waals surface area contributed by atoms with Crippen molar-refractivity contribution in [3.05, 3.63) is 47.5 Å². The summed E-state index contributed by atoms with van der Waals surface area (Å²) in [6.07, 6.45) is 7.94. The molecule has 2 unspecified atom stereocenters. The van der Waals surface area contributed by atoms with E-state index < -0.39 is 0 Å². The molecular weight excluding hydrogens is 497 g/mol. The average Bonchev–Trinajstić information content (AvgIpc) is 2.86. The van der Waals surface area contributed by atoms with Crippen LogP contribution >= 0.6 is 50.5 Å². The normalized spacial score (nSPS) is 13.0. The maximum Gasteiger partial charge on any atom is 0.130 e. The second-order valence-corrected chi connectivity index (χ2v) is 11.0. The molecule has 0 aromatic heterocycles. The van der Waals surface area contributed by atoms with Crippen LogP contribution in [-0.4, -0.2) is 35.2 Å². The Hall–Kier alpha value is -0.560. The van der Waals surface area contributed by atoms with E-state index in [9.17, 15) is 0 Å². The van der Waals surface area contributed by atoms with E-state index >= 15 is 0 Å². The minimum absolute atomic E-state index is 0.347. The molecule has 0 aliphatic carbocycles. The van der Waals surface area contributed by atoms with Crippen molar-refractivity contribution < 1.29 is 9.47 Å². The van der Waals surface area contributed by atoms with Gasteiger partial charge in [-0.2, -0.15) is 50.5 Å². The monoisotopic (exact) mass is 538 g/mol. The molecule has 190 valence electrons. The lowest BCUT2D eigenvalue weighted by atomic mass is 9.92. The van der Waals surface area contributed by atoms with Crippen molar-refractivity contribution in [3.63, 3.8) is 0 Å². The molecule has 0 heterocycles. The van der Waals surface area contributed by atoms with Crippen molar-refractivity contribution in [1.82, 2.24) is 0 Å². The highest BCUT2D eigenvalue weighted by atomic mass is 32.1. The van der Waals surface area contributed by atoms with Crippen LogP contribution in [0.4, 0.5) is 0 Å². The lowest BCUT2D eigenvalue weighted by Gasteiger charge is -2.22. The lowest BCUT2D eigenvalue weighted by Crippen LogP contribution is -2.10. The molecule has 0 fully saturated rings. The molecule has 0 aliphatic rings. The van der Waals surface area contributed by atoms with Gasteiger partial charge in [-0.3, -0.25) is 0 Å². The van der Waals surface area contributed by atoms with Gasteiger partial charge in [0, 0.05) is 21.6 Å². The summed E-state index contributed by atoms with van der Waals surface area (Å²) in [7, 11) is 0. The van der Waals surface area contributed by atoms with Gasteiger partial charge in [-0.15, -0.1) is 0 Å². The Morgan fingerprint density at radius 3 is 2.00 bits per heavy atom. The highest BCUT2D eigenvalue weighted by molar-refractivity contribution is 7.81. The highest BCUT2D eigenvalue weighted by Gasteiger charge is 2.19. The van der Waals surface area contributed by atoms with Crippen molar-refractivity contribution >= 4 is 50.5 Å². The van der Waals surface area contributed by atoms with Crippen molar-refractivity contribution in [3.8, 4) is 22.6 Å². The molecule has 2 rings (SSSR count). The molecule has 2 nitrogen and oxygen atoms in total. The maximum atomic E-state index is 6.57. The van der Waals surface area contributed by atoms with Crippen LogP contribution < -0.4 is 9.47 Å². The number of hydrogen-bond acceptors (Lipinski definition) is 6. The Balaban J connectivity index is 2.47. The summed E-state index contributed by atoms with van der Waals surface area (Å²) in [6.45, 7) is 5.63. The number of rotatable bonds is 17. The predicted molar refractivity (Wildman–Crippen MR) is 163 cm³/mol. The van der Waals surface area contributed by atoms with E-state index in [1.807, 2.05) is 6.07 Å². The minimum Gasteiger partial charge on any atom is -0.493 e. The molecule has 0 spiro atoms. The largest absolute Gasteiger partial charge is 0.493 e. The predicted octanol–water partition coefficient (Wildman–Crippen LogP) is 8.03. The molecule has 2 aromatic carbocycles. The van der Waals surface area contributed by atoms with E-state index in [0.29, 0.717) is 23.7 Å². The molecular formula is C28H42O2S4. The van der Waals surface area contributed by atoms with Crippen LogP contribution in [0.3, 0.4) is 0 Å². The highest BCUT2D eigenvalue weighted by Crippen LogP contribution is 2.41. The quantitative estimate of drug-likeness (QED) is 0.153. The molecule has 2 aromatic rings. The van der Waals surface area contributed by atoms with Gasteiger partial charge in [-0.05, 0) is 80.1 Å². The molecule has 0 amide bonds. The molecule has 0 saturated carbocycles. The van der Waals surface area contributed by atoms with Gasteiger partial charge in [0.25, 0.3) is 0 Å². The third kappa shape index (κ3) is 9.48. The van der Waals surface area contributed by atoms with Gasteiger partial charge in [0.1, 0.15) is 11.5 Å². The fourth-order valence-corrected chi connectivity index (χ4v) is 4.43. The number of para-hydroxylation sites is 1. The molecule has 0 radical (unpaired) electrons. The molecule has 2 atom stereocenters. The van der Waals surface area contributed by atoms with E-state index in [-0.39, 0.29) is 0 Å². The number of benzene rings is 2. The Kier molecular flexibility index (Phi) is 14.8. The van der Waals surface area contributed by atoms with E-state index in [2.05, 4.69) is 94.7 Å². The second kappa shape index (κ2) is 17.0. The van der Waals surface area contributed by atoms with E-state index in [1.165, 1.54) is 11.1 Å². The van der Waals surface area contributed by atoms with Crippen LogP contribution in [0.1, 0.15) is 63.5 Å². The number of thiol groups is 4. The Morgan fingerprint density at radius 2 is 1.35 bits per heavy atom. The number of aryl methyl sites for hydroxylation is 1. The zero-order valence-electron chi connectivity index (χ0n) is 20.7. The summed E-state index contributed by atoms with van der Waals surface area (Å²) in [5.74, 6) is 3.62. The molecule has 6 heteroatoms. The summed E-state index contributed by atoms with van der Waals surface area (Å²) in [5.41, 5.74) is 4.84. The second-order valence-electron chi connectivity index (χ2n) is 8.63. The SMILES string of the molecule is CCC(S)CCOc1ccccc1-c1ccc(CCCS)c(CCCS)c1OCCC(S)CC. The summed E-state index contributed by atoms with van der Waals surface area (Å²) >= 11 is 18.2. The molecule has 34 heavy (non-hydrogen) atoms. The fourth-order valence-electron chi connectivity index (χ4n) is 3.90. The standard InChI is InChI=1S/C28H42O2S4/c1-3-22(33)15-17-29-27-12-6-5-10-25(27)26-14-13-21(9-7-19-31)24(11-8-20-32)28(26)30-18-16-23(34)4-2/h5-6,10,12-14,22-23,31-34H,3-4,7-9,11,15-20H2,1-2H3. The van der Waals surface area contributed by atoms with Crippen LogP contribution in [0.5, 0.6) is 11.5 Å². The van der Waals surface area contributed by atoms with Crippen LogP contribution in [-0.2, 0) is 12.8 Å². The van der Waals surface area contributed by atoms with Gasteiger partial charge < -0.3 is 9.47 Å². The van der Waals surface area contributed by atoms with Crippen LogP contribution in [0.25, 0.3) is 11.1 Å². The van der Waals surface area contributed by atoms with Crippen LogP contribution in [0.15, 0.2) is 36.4 Å². The van der Waals surface area contributed by atoms with Crippen LogP contribution in [0.2, 0.25) is 0 Å². The average molecular weight is 539 g/mol. The van der Waals surface area contributed by atoms with E-state index in [0.717, 1.165) is 85.5 Å². The number of hydrogen-bond donors (Lipinski definition) is 4. The first-order valence-electron chi connectivity index (χ1n) is 12.6. The minimum atomic E-state index is 0.347. The lowest BCUT2D eigenvalue weighted by molar-refractivity contribution is 0.303. The molecule has 0 aliphatic heterocycles. The maximum absolute atomic E-state index is 6.57. The summed E-state index contributed by atoms with van der Waals surface area (Å²) in [4.78, 5) is 0. The van der Waals surface area contributed by atoms with Gasteiger partial charge in [-0.25, -0.2) is 0 Å². The first kappa shape index (κ1) is 29.7.